The Labute approximate surface area is 117 Å². The molecule has 1 atom stereocenters. The molecule has 3 N–H and O–H groups in total. The van der Waals surface area contributed by atoms with Crippen molar-refractivity contribution in [3.8, 4) is 0 Å². The normalized spacial score (nSPS) is 20.2. The molecule has 0 radical (unpaired) electrons. The van der Waals surface area contributed by atoms with Gasteiger partial charge in [-0.2, -0.15) is 0 Å². The molecular formula is C13H18Cl2N2O. The molecule has 1 aromatic rings. The topological polar surface area (TPSA) is 49.5 Å². The van der Waals surface area contributed by atoms with Crippen LogP contribution in [-0.2, 0) is 6.54 Å². The molecule has 3 nitrogen and oxygen atoms in total. The van der Waals surface area contributed by atoms with Gasteiger partial charge < -0.3 is 10.8 Å². The molecule has 18 heavy (non-hydrogen) atoms. The van der Waals surface area contributed by atoms with Crippen LogP contribution in [0.3, 0.4) is 0 Å². The van der Waals surface area contributed by atoms with Gasteiger partial charge in [-0.3, -0.25) is 4.90 Å². The molecule has 1 unspecified atom stereocenters. The predicted molar refractivity (Wildman–Crippen MR) is 75.0 cm³/mol. The summed E-state index contributed by atoms with van der Waals surface area (Å²) in [6.45, 7) is 5.25. The molecule has 0 bridgehead atoms. The Morgan fingerprint density at radius 3 is 2.67 bits per heavy atom. The van der Waals surface area contributed by atoms with Gasteiger partial charge in [-0.25, -0.2) is 0 Å². The minimum atomic E-state index is -0.334. The van der Waals surface area contributed by atoms with E-state index in [2.05, 4.69) is 4.90 Å². The van der Waals surface area contributed by atoms with E-state index in [0.717, 1.165) is 11.1 Å². The molecule has 0 aromatic heterocycles. The fraction of sp³-hybridized carbons (Fsp3) is 0.538. The minimum absolute atomic E-state index is 0.0342. The third-order valence-electron chi connectivity index (χ3n) is 3.62. The number of halogens is 2. The van der Waals surface area contributed by atoms with Gasteiger partial charge in [0.05, 0.1) is 6.61 Å². The zero-order chi connectivity index (χ0) is 13.5. The molecule has 1 heterocycles. The molecule has 1 aliphatic heterocycles. The van der Waals surface area contributed by atoms with Crippen LogP contribution < -0.4 is 5.73 Å². The molecule has 5 heteroatoms. The maximum Gasteiger partial charge on any atom is 0.0610 e. The maximum absolute atomic E-state index is 9.53. The highest BCUT2D eigenvalue weighted by atomic mass is 35.5. The number of aliphatic hydroxyl groups excluding tert-OH is 1. The quantitative estimate of drug-likeness (QED) is 0.899. The van der Waals surface area contributed by atoms with Crippen LogP contribution in [0.25, 0.3) is 0 Å². The summed E-state index contributed by atoms with van der Waals surface area (Å²) in [5.41, 5.74) is 7.70. The highest BCUT2D eigenvalue weighted by molar-refractivity contribution is 6.35. The van der Waals surface area contributed by atoms with E-state index in [0.29, 0.717) is 23.1 Å². The maximum atomic E-state index is 9.53. The Balaban J connectivity index is 2.46. The summed E-state index contributed by atoms with van der Waals surface area (Å²) in [6, 6.07) is 3.71. The van der Waals surface area contributed by atoms with E-state index < -0.39 is 0 Å². The summed E-state index contributed by atoms with van der Waals surface area (Å²) in [6.07, 6.45) is 0. The third kappa shape index (κ3) is 2.26. The summed E-state index contributed by atoms with van der Waals surface area (Å²) < 4.78 is 0. The van der Waals surface area contributed by atoms with Gasteiger partial charge >= 0.3 is 0 Å². The van der Waals surface area contributed by atoms with Crippen molar-refractivity contribution < 1.29 is 5.11 Å². The highest BCUT2D eigenvalue weighted by Crippen LogP contribution is 2.42. The van der Waals surface area contributed by atoms with Crippen LogP contribution in [-0.4, -0.2) is 28.7 Å². The second kappa shape index (κ2) is 4.99. The largest absolute Gasteiger partial charge is 0.394 e. The second-order valence-electron chi connectivity index (χ2n) is 5.31. The molecule has 1 aliphatic rings. The van der Waals surface area contributed by atoms with Crippen LogP contribution in [0.1, 0.15) is 31.0 Å². The van der Waals surface area contributed by atoms with Crippen molar-refractivity contribution in [1.29, 1.82) is 0 Å². The fourth-order valence-electron chi connectivity index (χ4n) is 2.56. The first kappa shape index (κ1) is 14.1. The van der Waals surface area contributed by atoms with Crippen LogP contribution >= 0.6 is 23.2 Å². The van der Waals surface area contributed by atoms with Gasteiger partial charge in [0, 0.05) is 34.7 Å². The van der Waals surface area contributed by atoms with Crippen molar-refractivity contribution in [1.82, 2.24) is 4.90 Å². The van der Waals surface area contributed by atoms with E-state index in [1.165, 1.54) is 0 Å². The lowest BCUT2D eigenvalue weighted by atomic mass is 10.0. The average molecular weight is 289 g/mol. The SMILES string of the molecule is CC(C)(CO)N1Cc2cc(Cl)cc(Cl)c2C1CN. The lowest BCUT2D eigenvalue weighted by Gasteiger charge is -2.38. The van der Waals surface area contributed by atoms with Gasteiger partial charge in [-0.1, -0.05) is 23.2 Å². The average Bonchev–Trinajstić information content (AvgIpc) is 2.68. The number of hydrogen-bond acceptors (Lipinski definition) is 3. The second-order valence-corrected chi connectivity index (χ2v) is 6.15. The van der Waals surface area contributed by atoms with Crippen LogP contribution in [0.2, 0.25) is 10.0 Å². The van der Waals surface area contributed by atoms with E-state index in [-0.39, 0.29) is 18.2 Å². The molecule has 0 aliphatic carbocycles. The summed E-state index contributed by atoms with van der Waals surface area (Å²) >= 11 is 12.3. The van der Waals surface area contributed by atoms with Crippen molar-refractivity contribution in [2.75, 3.05) is 13.2 Å². The first-order valence-corrected chi connectivity index (χ1v) is 6.72. The summed E-state index contributed by atoms with van der Waals surface area (Å²) in [5.74, 6) is 0. The number of hydrogen-bond donors (Lipinski definition) is 2. The smallest absolute Gasteiger partial charge is 0.0610 e. The predicted octanol–water partition coefficient (Wildman–Crippen LogP) is 2.58. The van der Waals surface area contributed by atoms with Gasteiger partial charge in [0.25, 0.3) is 0 Å². The molecule has 100 valence electrons. The Hall–Kier alpha value is -0.320. The van der Waals surface area contributed by atoms with E-state index in [1.54, 1.807) is 6.07 Å². The summed E-state index contributed by atoms with van der Waals surface area (Å²) in [4.78, 5) is 2.18. The Kier molecular flexibility index (Phi) is 3.90. The van der Waals surface area contributed by atoms with E-state index in [1.807, 2.05) is 19.9 Å². The van der Waals surface area contributed by atoms with Crippen molar-refractivity contribution in [3.05, 3.63) is 33.3 Å². The molecule has 0 spiro atoms. The number of rotatable bonds is 3. The molecule has 0 fully saturated rings. The Morgan fingerprint density at radius 2 is 2.11 bits per heavy atom. The summed E-state index contributed by atoms with van der Waals surface area (Å²) in [7, 11) is 0. The number of nitrogens with two attached hydrogens (primary N) is 1. The van der Waals surface area contributed by atoms with Gasteiger partial charge in [-0.15, -0.1) is 0 Å². The van der Waals surface area contributed by atoms with Crippen LogP contribution in [0.15, 0.2) is 12.1 Å². The minimum Gasteiger partial charge on any atom is -0.394 e. The fourth-order valence-corrected chi connectivity index (χ4v) is 3.22. The highest BCUT2D eigenvalue weighted by Gasteiger charge is 2.39. The standard InChI is InChI=1S/C13H18Cl2N2O/c1-13(2,7-18)17-6-8-3-9(14)4-10(15)12(8)11(17)5-16/h3-4,11,18H,5-7,16H2,1-2H3. The third-order valence-corrected chi connectivity index (χ3v) is 4.15. The van der Waals surface area contributed by atoms with Crippen molar-refractivity contribution in [2.24, 2.45) is 5.73 Å². The molecule has 1 aromatic carbocycles. The van der Waals surface area contributed by atoms with Crippen LogP contribution in [0.4, 0.5) is 0 Å². The van der Waals surface area contributed by atoms with Crippen molar-refractivity contribution >= 4 is 23.2 Å². The number of nitrogens with zero attached hydrogens (tertiary/aromatic N) is 1. The van der Waals surface area contributed by atoms with Crippen molar-refractivity contribution in [3.63, 3.8) is 0 Å². The first-order valence-electron chi connectivity index (χ1n) is 5.96. The van der Waals surface area contributed by atoms with Crippen LogP contribution in [0.5, 0.6) is 0 Å². The van der Waals surface area contributed by atoms with E-state index in [4.69, 9.17) is 28.9 Å². The van der Waals surface area contributed by atoms with Gasteiger partial charge in [0.1, 0.15) is 0 Å². The Bertz CT molecular complexity index is 463. The number of aliphatic hydroxyl groups is 1. The zero-order valence-corrected chi connectivity index (χ0v) is 12.1. The molecule has 0 saturated heterocycles. The van der Waals surface area contributed by atoms with Gasteiger partial charge in [0.15, 0.2) is 0 Å². The van der Waals surface area contributed by atoms with Gasteiger partial charge in [0.2, 0.25) is 0 Å². The Morgan fingerprint density at radius 1 is 1.44 bits per heavy atom. The van der Waals surface area contributed by atoms with E-state index >= 15 is 0 Å². The van der Waals surface area contributed by atoms with Crippen LogP contribution in [0, 0.1) is 0 Å². The van der Waals surface area contributed by atoms with E-state index in [9.17, 15) is 5.11 Å². The zero-order valence-electron chi connectivity index (χ0n) is 10.6. The molecule has 0 saturated carbocycles. The monoisotopic (exact) mass is 288 g/mol. The lowest BCUT2D eigenvalue weighted by Crippen LogP contribution is -2.47. The van der Waals surface area contributed by atoms with Crippen molar-refractivity contribution in [2.45, 2.75) is 32.0 Å². The first-order chi connectivity index (χ1) is 8.40. The molecular weight excluding hydrogens is 271 g/mol. The lowest BCUT2D eigenvalue weighted by molar-refractivity contribution is 0.0293. The molecule has 0 amide bonds. The summed E-state index contributed by atoms with van der Waals surface area (Å²) in [5, 5.41) is 10.8. The number of benzene rings is 1. The number of fused-ring (bicyclic) bond motifs is 1. The van der Waals surface area contributed by atoms with Gasteiger partial charge in [-0.05, 0) is 37.1 Å². The molecule has 2 rings (SSSR count).